The van der Waals surface area contributed by atoms with Crippen LogP contribution in [0.25, 0.3) is 5.57 Å². The van der Waals surface area contributed by atoms with Gasteiger partial charge in [0.25, 0.3) is 0 Å². The molecule has 2 unspecified atom stereocenters. The van der Waals surface area contributed by atoms with Gasteiger partial charge in [-0.15, -0.1) is 0 Å². The van der Waals surface area contributed by atoms with Crippen molar-refractivity contribution in [1.82, 2.24) is 0 Å². The van der Waals surface area contributed by atoms with Gasteiger partial charge in [0.2, 0.25) is 0 Å². The fourth-order valence-corrected chi connectivity index (χ4v) is 2.75. The summed E-state index contributed by atoms with van der Waals surface area (Å²) in [5.41, 5.74) is 7.56. The molecule has 3 N–H and O–H groups in total. The maximum absolute atomic E-state index is 11.5. The number of hydrogen-bond acceptors (Lipinski definition) is 2. The summed E-state index contributed by atoms with van der Waals surface area (Å²) >= 11 is 0. The highest BCUT2D eigenvalue weighted by atomic mass is 16.4. The molecule has 3 nitrogen and oxygen atoms in total. The molecule has 1 aliphatic rings. The molecule has 2 rings (SSSR count). The molecule has 0 aromatic heterocycles. The molecule has 0 bridgehead atoms. The van der Waals surface area contributed by atoms with Crippen molar-refractivity contribution in [2.75, 3.05) is 0 Å². The van der Waals surface area contributed by atoms with E-state index in [0.29, 0.717) is 6.42 Å². The monoisotopic (exact) mass is 257 g/mol. The van der Waals surface area contributed by atoms with Crippen LogP contribution in [-0.4, -0.2) is 16.6 Å². The predicted octanol–water partition coefficient (Wildman–Crippen LogP) is 2.84. The van der Waals surface area contributed by atoms with E-state index in [1.54, 1.807) is 12.2 Å². The third-order valence-electron chi connectivity index (χ3n) is 3.64. The maximum Gasteiger partial charge on any atom is 0.312 e. The third kappa shape index (κ3) is 2.47. The van der Waals surface area contributed by atoms with E-state index >= 15 is 0 Å². The van der Waals surface area contributed by atoms with Gasteiger partial charge in [0.15, 0.2) is 0 Å². The summed E-state index contributed by atoms with van der Waals surface area (Å²) in [5.74, 6) is -1.54. The Bertz CT molecular complexity index is 519. The van der Waals surface area contributed by atoms with E-state index in [-0.39, 0.29) is 0 Å². The quantitative estimate of drug-likeness (QED) is 0.871. The first-order valence-corrected chi connectivity index (χ1v) is 6.55. The largest absolute Gasteiger partial charge is 0.481 e. The number of hydrogen-bond donors (Lipinski definition) is 2. The second-order valence-corrected chi connectivity index (χ2v) is 4.94. The molecule has 0 spiro atoms. The van der Waals surface area contributed by atoms with E-state index < -0.39 is 17.4 Å². The fraction of sp³-hybridized carbons (Fsp3) is 0.312. The zero-order valence-electron chi connectivity index (χ0n) is 11.0. The van der Waals surface area contributed by atoms with Gasteiger partial charge in [-0.1, -0.05) is 61.9 Å². The Balaban J connectivity index is 2.49. The Hall–Kier alpha value is -1.87. The lowest BCUT2D eigenvalue weighted by molar-refractivity contribution is -0.141. The van der Waals surface area contributed by atoms with Crippen LogP contribution in [0.15, 0.2) is 48.6 Å². The highest BCUT2D eigenvalue weighted by molar-refractivity contribution is 5.85. The first-order chi connectivity index (χ1) is 9.09. The average molecular weight is 257 g/mol. The van der Waals surface area contributed by atoms with Crippen molar-refractivity contribution in [2.24, 2.45) is 11.7 Å². The molecule has 1 aromatic carbocycles. The number of aliphatic carboxylic acids is 1. The summed E-state index contributed by atoms with van der Waals surface area (Å²) in [6, 6.07) is 9.77. The molecule has 3 heteroatoms. The van der Waals surface area contributed by atoms with Crippen molar-refractivity contribution in [1.29, 1.82) is 0 Å². The summed E-state index contributed by atoms with van der Waals surface area (Å²) < 4.78 is 0. The normalized spacial score (nSPS) is 26.0. The number of carboxylic acids is 1. The van der Waals surface area contributed by atoms with Gasteiger partial charge in [0, 0.05) is 0 Å². The van der Waals surface area contributed by atoms with E-state index in [1.165, 1.54) is 0 Å². The standard InChI is InChI=1S/C16H19NO2/c1-2-11-16(17)13(12-7-4-3-5-8-12)9-6-10-14(16)15(18)19/h3-10,14H,2,11,17H2,1H3,(H,18,19). The molecule has 0 heterocycles. The molecule has 1 aliphatic carbocycles. The van der Waals surface area contributed by atoms with Crippen molar-refractivity contribution in [3.63, 3.8) is 0 Å². The van der Waals surface area contributed by atoms with Gasteiger partial charge in [0.05, 0.1) is 11.5 Å². The van der Waals surface area contributed by atoms with Gasteiger partial charge >= 0.3 is 5.97 Å². The molecule has 0 fully saturated rings. The lowest BCUT2D eigenvalue weighted by Crippen LogP contribution is -2.51. The van der Waals surface area contributed by atoms with Gasteiger partial charge in [-0.3, -0.25) is 4.79 Å². The number of rotatable bonds is 4. The van der Waals surface area contributed by atoms with E-state index in [2.05, 4.69) is 0 Å². The summed E-state index contributed by atoms with van der Waals surface area (Å²) in [5, 5.41) is 9.41. The number of nitrogens with two attached hydrogens (primary N) is 1. The Morgan fingerprint density at radius 3 is 2.63 bits per heavy atom. The Labute approximate surface area is 113 Å². The number of carboxylic acid groups (broad SMARTS) is 1. The minimum Gasteiger partial charge on any atom is -0.481 e. The van der Waals surface area contributed by atoms with Crippen molar-refractivity contribution in [3.05, 3.63) is 54.1 Å². The second kappa shape index (κ2) is 5.41. The topological polar surface area (TPSA) is 63.3 Å². The van der Waals surface area contributed by atoms with Crippen molar-refractivity contribution in [3.8, 4) is 0 Å². The summed E-state index contributed by atoms with van der Waals surface area (Å²) in [6.45, 7) is 2.02. The van der Waals surface area contributed by atoms with Gasteiger partial charge in [0.1, 0.15) is 0 Å². The molecule has 0 amide bonds. The van der Waals surface area contributed by atoms with Crippen molar-refractivity contribution >= 4 is 11.5 Å². The van der Waals surface area contributed by atoms with Gasteiger partial charge in [-0.05, 0) is 17.6 Å². The van der Waals surface area contributed by atoms with Crippen molar-refractivity contribution < 1.29 is 9.90 Å². The van der Waals surface area contributed by atoms with Crippen LogP contribution in [0.1, 0.15) is 25.3 Å². The smallest absolute Gasteiger partial charge is 0.312 e. The van der Waals surface area contributed by atoms with Gasteiger partial charge in [-0.2, -0.15) is 0 Å². The molecule has 1 aromatic rings. The Morgan fingerprint density at radius 1 is 1.37 bits per heavy atom. The fourth-order valence-electron chi connectivity index (χ4n) is 2.75. The molecule has 2 atom stereocenters. The van der Waals surface area contributed by atoms with Crippen LogP contribution in [-0.2, 0) is 4.79 Å². The van der Waals surface area contributed by atoms with E-state index in [4.69, 9.17) is 5.73 Å². The molecule has 0 saturated carbocycles. The van der Waals surface area contributed by atoms with Crippen LogP contribution in [0.5, 0.6) is 0 Å². The predicted molar refractivity (Wildman–Crippen MR) is 76.5 cm³/mol. The Morgan fingerprint density at radius 2 is 2.05 bits per heavy atom. The van der Waals surface area contributed by atoms with Gasteiger partial charge < -0.3 is 10.8 Å². The molecule has 0 aliphatic heterocycles. The molecular formula is C16H19NO2. The van der Waals surface area contributed by atoms with Crippen LogP contribution >= 0.6 is 0 Å². The average Bonchev–Trinajstić information content (AvgIpc) is 2.39. The van der Waals surface area contributed by atoms with Crippen LogP contribution in [0.3, 0.4) is 0 Å². The molecule has 0 saturated heterocycles. The Kier molecular flexibility index (Phi) is 3.86. The second-order valence-electron chi connectivity index (χ2n) is 4.94. The minimum absolute atomic E-state index is 0.648. The third-order valence-corrected chi connectivity index (χ3v) is 3.64. The zero-order valence-corrected chi connectivity index (χ0v) is 11.0. The lowest BCUT2D eigenvalue weighted by Gasteiger charge is -2.38. The molecular weight excluding hydrogens is 238 g/mol. The molecule has 0 radical (unpaired) electrons. The number of benzene rings is 1. The van der Waals surface area contributed by atoms with Crippen molar-refractivity contribution in [2.45, 2.75) is 25.3 Å². The number of allylic oxidation sites excluding steroid dienone is 2. The van der Waals surface area contributed by atoms with Crippen LogP contribution in [0.2, 0.25) is 0 Å². The van der Waals surface area contributed by atoms with Crippen LogP contribution in [0.4, 0.5) is 0 Å². The van der Waals surface area contributed by atoms with Gasteiger partial charge in [-0.25, -0.2) is 0 Å². The minimum atomic E-state index is -0.867. The van der Waals surface area contributed by atoms with Crippen LogP contribution < -0.4 is 5.73 Å². The maximum atomic E-state index is 11.5. The summed E-state index contributed by atoms with van der Waals surface area (Å²) in [7, 11) is 0. The van der Waals surface area contributed by atoms with E-state index in [1.807, 2.05) is 43.3 Å². The first-order valence-electron chi connectivity index (χ1n) is 6.55. The number of carbonyl (C=O) groups is 1. The zero-order chi connectivity index (χ0) is 13.9. The summed E-state index contributed by atoms with van der Waals surface area (Å²) in [4.78, 5) is 11.5. The first kappa shape index (κ1) is 13.6. The highest BCUT2D eigenvalue weighted by Gasteiger charge is 2.42. The van der Waals surface area contributed by atoms with E-state index in [0.717, 1.165) is 17.6 Å². The van der Waals surface area contributed by atoms with Crippen LogP contribution in [0, 0.1) is 5.92 Å². The lowest BCUT2D eigenvalue weighted by atomic mass is 9.70. The molecule has 19 heavy (non-hydrogen) atoms. The summed E-state index contributed by atoms with van der Waals surface area (Å²) in [6.07, 6.45) is 6.91. The highest BCUT2D eigenvalue weighted by Crippen LogP contribution is 2.38. The SMILES string of the molecule is CCCC1(N)C(c2ccccc2)=CC=CC1C(=O)O. The van der Waals surface area contributed by atoms with E-state index in [9.17, 15) is 9.90 Å². The molecule has 100 valence electrons.